The van der Waals surface area contributed by atoms with Gasteiger partial charge in [0.05, 0.1) is 0 Å². The molecular weight excluding hydrogens is 340 g/mol. The molecule has 0 unspecified atom stereocenters. The smallest absolute Gasteiger partial charge is 0.131 e. The summed E-state index contributed by atoms with van der Waals surface area (Å²) >= 11 is 0. The standard InChI is InChI=1S/C26H38N2/c1-3-5-7-9-21-11-15-23(16-12-21)25-19-27-26(28-20-25)24-17-13-22(14-18-24)10-8-6-4-2/h11-12,15-16,19-20,22,24H,3-10,13-14,17-18H2,1-2H3. The highest BCUT2D eigenvalue weighted by Gasteiger charge is 2.23. The Morgan fingerprint density at radius 2 is 1.39 bits per heavy atom. The van der Waals surface area contributed by atoms with Gasteiger partial charge in [0, 0.05) is 23.9 Å². The molecular formula is C26H38N2. The van der Waals surface area contributed by atoms with Crippen LogP contribution in [0, 0.1) is 5.92 Å². The fourth-order valence-electron chi connectivity index (χ4n) is 4.53. The summed E-state index contributed by atoms with van der Waals surface area (Å²) in [5.74, 6) is 2.57. The lowest BCUT2D eigenvalue weighted by Crippen LogP contribution is -2.15. The van der Waals surface area contributed by atoms with Crippen LogP contribution in [0.4, 0.5) is 0 Å². The van der Waals surface area contributed by atoms with Crippen LogP contribution < -0.4 is 0 Å². The van der Waals surface area contributed by atoms with E-state index >= 15 is 0 Å². The third-order valence-electron chi connectivity index (χ3n) is 6.46. The number of rotatable bonds is 10. The molecule has 152 valence electrons. The monoisotopic (exact) mass is 378 g/mol. The molecule has 0 amide bonds. The van der Waals surface area contributed by atoms with E-state index in [-0.39, 0.29) is 0 Å². The molecule has 0 radical (unpaired) electrons. The lowest BCUT2D eigenvalue weighted by atomic mass is 9.79. The Morgan fingerprint density at radius 3 is 2.04 bits per heavy atom. The summed E-state index contributed by atoms with van der Waals surface area (Å²) < 4.78 is 0. The van der Waals surface area contributed by atoms with Gasteiger partial charge in [0.15, 0.2) is 0 Å². The zero-order valence-corrected chi connectivity index (χ0v) is 18.0. The van der Waals surface area contributed by atoms with Crippen molar-refractivity contribution in [1.29, 1.82) is 0 Å². The Hall–Kier alpha value is -1.70. The summed E-state index contributed by atoms with van der Waals surface area (Å²) in [6, 6.07) is 8.97. The average molecular weight is 379 g/mol. The summed E-state index contributed by atoms with van der Waals surface area (Å²) in [6.07, 6.45) is 19.9. The molecule has 2 aromatic rings. The number of aryl methyl sites for hydroxylation is 1. The van der Waals surface area contributed by atoms with Gasteiger partial charge < -0.3 is 0 Å². The Balaban J connectivity index is 1.51. The van der Waals surface area contributed by atoms with Gasteiger partial charge in [0.2, 0.25) is 0 Å². The predicted octanol–water partition coefficient (Wildman–Crippen LogP) is 7.73. The highest BCUT2D eigenvalue weighted by atomic mass is 14.9. The maximum atomic E-state index is 4.75. The van der Waals surface area contributed by atoms with E-state index in [0.717, 1.165) is 17.3 Å². The Kier molecular flexibility index (Phi) is 8.51. The van der Waals surface area contributed by atoms with E-state index in [1.165, 1.54) is 88.2 Å². The van der Waals surface area contributed by atoms with Crippen molar-refractivity contribution >= 4 is 0 Å². The lowest BCUT2D eigenvalue weighted by Gasteiger charge is -2.27. The molecule has 28 heavy (non-hydrogen) atoms. The van der Waals surface area contributed by atoms with E-state index in [1.807, 2.05) is 12.4 Å². The summed E-state index contributed by atoms with van der Waals surface area (Å²) in [6.45, 7) is 4.55. The molecule has 1 aliphatic rings. The first-order valence-electron chi connectivity index (χ1n) is 11.7. The van der Waals surface area contributed by atoms with Gasteiger partial charge >= 0.3 is 0 Å². The average Bonchev–Trinajstić information content (AvgIpc) is 2.75. The van der Waals surface area contributed by atoms with Crippen molar-refractivity contribution in [1.82, 2.24) is 9.97 Å². The van der Waals surface area contributed by atoms with Crippen LogP contribution in [0.15, 0.2) is 36.7 Å². The van der Waals surface area contributed by atoms with Crippen LogP contribution in [0.3, 0.4) is 0 Å². The topological polar surface area (TPSA) is 25.8 Å². The van der Waals surface area contributed by atoms with E-state index < -0.39 is 0 Å². The summed E-state index contributed by atoms with van der Waals surface area (Å²) in [5, 5.41) is 0. The predicted molar refractivity (Wildman–Crippen MR) is 120 cm³/mol. The minimum Gasteiger partial charge on any atom is -0.240 e. The molecule has 0 N–H and O–H groups in total. The van der Waals surface area contributed by atoms with Gasteiger partial charge in [-0.2, -0.15) is 0 Å². The molecule has 3 rings (SSSR count). The quantitative estimate of drug-likeness (QED) is 0.395. The third kappa shape index (κ3) is 6.15. The molecule has 0 saturated heterocycles. The van der Waals surface area contributed by atoms with Crippen molar-refractivity contribution in [3.63, 3.8) is 0 Å². The normalized spacial score (nSPS) is 19.6. The second-order valence-corrected chi connectivity index (χ2v) is 8.70. The third-order valence-corrected chi connectivity index (χ3v) is 6.46. The van der Waals surface area contributed by atoms with Crippen molar-refractivity contribution in [2.24, 2.45) is 5.92 Å². The maximum Gasteiger partial charge on any atom is 0.131 e. The van der Waals surface area contributed by atoms with Gasteiger partial charge in [0.1, 0.15) is 5.82 Å². The number of hydrogen-bond acceptors (Lipinski definition) is 2. The number of benzene rings is 1. The van der Waals surface area contributed by atoms with Gasteiger partial charge in [-0.15, -0.1) is 0 Å². The Morgan fingerprint density at radius 1 is 0.750 bits per heavy atom. The zero-order valence-electron chi connectivity index (χ0n) is 18.0. The molecule has 1 heterocycles. The summed E-state index contributed by atoms with van der Waals surface area (Å²) in [5.41, 5.74) is 3.80. The Bertz CT molecular complexity index is 667. The largest absolute Gasteiger partial charge is 0.240 e. The number of unbranched alkanes of at least 4 members (excludes halogenated alkanes) is 4. The summed E-state index contributed by atoms with van der Waals surface area (Å²) in [4.78, 5) is 9.50. The van der Waals surface area contributed by atoms with Crippen molar-refractivity contribution in [2.75, 3.05) is 0 Å². The van der Waals surface area contributed by atoms with Crippen LogP contribution in [-0.4, -0.2) is 9.97 Å². The minimum atomic E-state index is 0.567. The molecule has 2 nitrogen and oxygen atoms in total. The first-order valence-corrected chi connectivity index (χ1v) is 11.7. The number of aromatic nitrogens is 2. The number of nitrogens with zero attached hydrogens (tertiary/aromatic N) is 2. The second-order valence-electron chi connectivity index (χ2n) is 8.70. The Labute approximate surface area is 172 Å². The van der Waals surface area contributed by atoms with Gasteiger partial charge in [-0.1, -0.05) is 76.6 Å². The molecule has 1 aromatic carbocycles. The minimum absolute atomic E-state index is 0.567. The van der Waals surface area contributed by atoms with Crippen LogP contribution >= 0.6 is 0 Å². The van der Waals surface area contributed by atoms with Crippen LogP contribution in [0.1, 0.15) is 102 Å². The van der Waals surface area contributed by atoms with Crippen LogP contribution in [0.2, 0.25) is 0 Å². The second kappa shape index (κ2) is 11.3. The van der Waals surface area contributed by atoms with E-state index in [9.17, 15) is 0 Å². The van der Waals surface area contributed by atoms with Crippen molar-refractivity contribution in [2.45, 2.75) is 96.8 Å². The fourth-order valence-corrected chi connectivity index (χ4v) is 4.53. The fraction of sp³-hybridized carbons (Fsp3) is 0.615. The van der Waals surface area contributed by atoms with E-state index in [1.54, 1.807) is 0 Å². The lowest BCUT2D eigenvalue weighted by molar-refractivity contribution is 0.297. The van der Waals surface area contributed by atoms with Gasteiger partial charge in [-0.05, 0) is 55.6 Å². The zero-order chi connectivity index (χ0) is 19.6. The first-order chi connectivity index (χ1) is 13.8. The molecule has 1 aromatic heterocycles. The van der Waals surface area contributed by atoms with Crippen LogP contribution in [0.5, 0.6) is 0 Å². The van der Waals surface area contributed by atoms with Crippen molar-refractivity contribution in [3.05, 3.63) is 48.0 Å². The number of hydrogen-bond donors (Lipinski definition) is 0. The molecule has 1 saturated carbocycles. The van der Waals surface area contributed by atoms with Gasteiger partial charge in [-0.3, -0.25) is 0 Å². The van der Waals surface area contributed by atoms with E-state index in [2.05, 4.69) is 38.1 Å². The highest BCUT2D eigenvalue weighted by Crippen LogP contribution is 2.36. The maximum absolute atomic E-state index is 4.75. The molecule has 0 bridgehead atoms. The first kappa shape index (κ1) is 21.0. The van der Waals surface area contributed by atoms with Gasteiger partial charge in [-0.25, -0.2) is 9.97 Å². The van der Waals surface area contributed by atoms with E-state index in [4.69, 9.17) is 9.97 Å². The SMILES string of the molecule is CCCCCc1ccc(-c2cnc(C3CCC(CCCCC)CC3)nc2)cc1. The molecule has 1 fully saturated rings. The summed E-state index contributed by atoms with van der Waals surface area (Å²) in [7, 11) is 0. The highest BCUT2D eigenvalue weighted by molar-refractivity contribution is 5.61. The molecule has 0 spiro atoms. The van der Waals surface area contributed by atoms with Crippen molar-refractivity contribution in [3.8, 4) is 11.1 Å². The van der Waals surface area contributed by atoms with Gasteiger partial charge in [0.25, 0.3) is 0 Å². The van der Waals surface area contributed by atoms with E-state index in [0.29, 0.717) is 5.92 Å². The molecule has 0 aliphatic heterocycles. The van der Waals surface area contributed by atoms with Crippen LogP contribution in [0.25, 0.3) is 11.1 Å². The van der Waals surface area contributed by atoms with Crippen molar-refractivity contribution < 1.29 is 0 Å². The molecule has 1 aliphatic carbocycles. The molecule has 2 heteroatoms. The van der Waals surface area contributed by atoms with Crippen LogP contribution in [-0.2, 0) is 6.42 Å². The molecule has 0 atom stereocenters.